The second-order valence-electron chi connectivity index (χ2n) is 5.86. The van der Waals surface area contributed by atoms with Gasteiger partial charge in [-0.2, -0.15) is 0 Å². The predicted molar refractivity (Wildman–Crippen MR) is 92.9 cm³/mol. The number of carbonyl (C=O) groups is 1. The van der Waals surface area contributed by atoms with E-state index in [9.17, 15) is 9.90 Å². The van der Waals surface area contributed by atoms with Gasteiger partial charge in [0, 0.05) is 31.4 Å². The molecule has 0 radical (unpaired) electrons. The van der Waals surface area contributed by atoms with Gasteiger partial charge in [-0.05, 0) is 42.8 Å². The first-order valence-electron chi connectivity index (χ1n) is 7.72. The average molecular weight is 311 g/mol. The Kier molecular flexibility index (Phi) is 4.21. The van der Waals surface area contributed by atoms with Crippen LogP contribution in [0.25, 0.3) is 0 Å². The van der Waals surface area contributed by atoms with Crippen LogP contribution >= 0.6 is 0 Å². The molecule has 1 aliphatic rings. The van der Waals surface area contributed by atoms with Crippen molar-refractivity contribution in [2.24, 2.45) is 0 Å². The minimum absolute atomic E-state index is 0.0859. The van der Waals surface area contributed by atoms with Crippen LogP contribution in [0.4, 0.5) is 17.1 Å². The highest BCUT2D eigenvalue weighted by Crippen LogP contribution is 2.31. The number of benzene rings is 2. The zero-order valence-corrected chi connectivity index (χ0v) is 13.1. The molecule has 0 bridgehead atoms. The maximum atomic E-state index is 12.7. The maximum Gasteiger partial charge on any atom is 0.258 e. The van der Waals surface area contributed by atoms with Crippen LogP contribution in [0.5, 0.6) is 0 Å². The molecule has 0 spiro atoms. The highest BCUT2D eigenvalue weighted by molar-refractivity contribution is 6.07. The van der Waals surface area contributed by atoms with Crippen molar-refractivity contribution >= 4 is 23.0 Å². The van der Waals surface area contributed by atoms with E-state index in [1.807, 2.05) is 24.3 Å². The van der Waals surface area contributed by atoms with Crippen LogP contribution in [0.1, 0.15) is 16.8 Å². The number of anilines is 3. The third-order valence-electron chi connectivity index (χ3n) is 4.21. The lowest BCUT2D eigenvalue weighted by atomic mass is 10.1. The molecule has 3 N–H and O–H groups in total. The fraction of sp³-hybridized carbons (Fsp3) is 0.278. The van der Waals surface area contributed by atoms with Crippen molar-refractivity contribution in [1.29, 1.82) is 0 Å². The molecule has 1 aliphatic heterocycles. The third-order valence-corrected chi connectivity index (χ3v) is 4.21. The number of amides is 1. The Morgan fingerprint density at radius 1 is 1.22 bits per heavy atom. The summed E-state index contributed by atoms with van der Waals surface area (Å²) in [5, 5.41) is 9.77. The highest BCUT2D eigenvalue weighted by atomic mass is 16.3. The number of carbonyl (C=O) groups excluding carboxylic acids is 1. The molecule has 2 aromatic rings. The van der Waals surface area contributed by atoms with Crippen LogP contribution in [0.15, 0.2) is 48.5 Å². The highest BCUT2D eigenvalue weighted by Gasteiger charge is 2.24. The van der Waals surface area contributed by atoms with E-state index in [4.69, 9.17) is 5.73 Å². The van der Waals surface area contributed by atoms with E-state index in [0.717, 1.165) is 24.3 Å². The molecule has 0 aliphatic carbocycles. The van der Waals surface area contributed by atoms with E-state index in [0.29, 0.717) is 17.8 Å². The molecular weight excluding hydrogens is 290 g/mol. The van der Waals surface area contributed by atoms with Gasteiger partial charge in [0.1, 0.15) is 0 Å². The second-order valence-corrected chi connectivity index (χ2v) is 5.86. The van der Waals surface area contributed by atoms with Gasteiger partial charge in [-0.25, -0.2) is 0 Å². The molecular formula is C18H21N3O2. The number of hydrogen-bond acceptors (Lipinski definition) is 4. The monoisotopic (exact) mass is 311 g/mol. The smallest absolute Gasteiger partial charge is 0.258 e. The molecule has 0 saturated carbocycles. The van der Waals surface area contributed by atoms with E-state index in [1.165, 1.54) is 0 Å². The number of para-hydroxylation sites is 2. The Labute approximate surface area is 135 Å². The fourth-order valence-electron chi connectivity index (χ4n) is 2.90. The summed E-state index contributed by atoms with van der Waals surface area (Å²) in [7, 11) is 1.77. The van der Waals surface area contributed by atoms with E-state index in [-0.39, 0.29) is 12.0 Å². The van der Waals surface area contributed by atoms with Gasteiger partial charge >= 0.3 is 0 Å². The van der Waals surface area contributed by atoms with Crippen molar-refractivity contribution in [1.82, 2.24) is 0 Å². The summed E-state index contributed by atoms with van der Waals surface area (Å²) in [6, 6.07) is 14.7. The van der Waals surface area contributed by atoms with Gasteiger partial charge in [-0.3, -0.25) is 4.79 Å². The van der Waals surface area contributed by atoms with Crippen molar-refractivity contribution in [3.05, 3.63) is 54.1 Å². The van der Waals surface area contributed by atoms with Gasteiger partial charge in [0.25, 0.3) is 5.91 Å². The first kappa shape index (κ1) is 15.4. The maximum absolute atomic E-state index is 12.7. The van der Waals surface area contributed by atoms with E-state index in [2.05, 4.69) is 4.90 Å². The number of rotatable bonds is 3. The third kappa shape index (κ3) is 3.14. The lowest BCUT2D eigenvalue weighted by Crippen LogP contribution is -2.29. The Hall–Kier alpha value is -2.53. The summed E-state index contributed by atoms with van der Waals surface area (Å²) in [5.41, 5.74) is 8.71. The molecule has 5 nitrogen and oxygen atoms in total. The summed E-state index contributed by atoms with van der Waals surface area (Å²) >= 11 is 0. The van der Waals surface area contributed by atoms with Gasteiger partial charge < -0.3 is 20.6 Å². The Morgan fingerprint density at radius 3 is 2.57 bits per heavy atom. The van der Waals surface area contributed by atoms with Crippen LogP contribution in [-0.2, 0) is 0 Å². The molecule has 0 aromatic heterocycles. The lowest BCUT2D eigenvalue weighted by Gasteiger charge is -2.26. The van der Waals surface area contributed by atoms with Gasteiger partial charge in [0.2, 0.25) is 0 Å². The van der Waals surface area contributed by atoms with Crippen LogP contribution in [0.3, 0.4) is 0 Å². The van der Waals surface area contributed by atoms with Gasteiger partial charge in [-0.15, -0.1) is 0 Å². The quantitative estimate of drug-likeness (QED) is 0.852. The molecule has 0 unspecified atom stereocenters. The number of nitrogens with two attached hydrogens (primary N) is 1. The van der Waals surface area contributed by atoms with Crippen molar-refractivity contribution in [2.45, 2.75) is 12.5 Å². The summed E-state index contributed by atoms with van der Waals surface area (Å²) in [6.45, 7) is 1.39. The summed E-state index contributed by atoms with van der Waals surface area (Å²) < 4.78 is 0. The summed E-state index contributed by atoms with van der Waals surface area (Å²) in [5.74, 6) is -0.0859. The Balaban J connectivity index is 1.88. The number of β-amino-alcohol motifs (C(OH)–C–C–N with tert-alkyl or cyclic N) is 1. The molecule has 1 heterocycles. The van der Waals surface area contributed by atoms with Crippen molar-refractivity contribution in [2.75, 3.05) is 35.7 Å². The second kappa shape index (κ2) is 6.30. The van der Waals surface area contributed by atoms with E-state index >= 15 is 0 Å². The Bertz CT molecular complexity index is 700. The molecule has 120 valence electrons. The molecule has 1 atom stereocenters. The van der Waals surface area contributed by atoms with Crippen molar-refractivity contribution < 1.29 is 9.90 Å². The van der Waals surface area contributed by atoms with Crippen LogP contribution in [-0.4, -0.2) is 37.3 Å². The number of aliphatic hydroxyl groups excluding tert-OH is 1. The van der Waals surface area contributed by atoms with E-state index < -0.39 is 0 Å². The van der Waals surface area contributed by atoms with Crippen LogP contribution in [0, 0.1) is 0 Å². The zero-order chi connectivity index (χ0) is 16.4. The topological polar surface area (TPSA) is 69.8 Å². The number of nitrogen functional groups attached to an aromatic ring is 1. The molecule has 1 fully saturated rings. The normalized spacial score (nSPS) is 17.3. The predicted octanol–water partition coefficient (Wildman–Crippen LogP) is 2.12. The standard InChI is InChI=1S/C18H21N3O2/c1-20(18(23)13-6-8-14(19)9-7-13)16-4-2-3-5-17(16)21-11-10-15(22)12-21/h2-9,15,22H,10-12,19H2,1H3/t15-/m0/s1. The van der Waals surface area contributed by atoms with Crippen molar-refractivity contribution in [3.63, 3.8) is 0 Å². The van der Waals surface area contributed by atoms with Crippen molar-refractivity contribution in [3.8, 4) is 0 Å². The first-order chi connectivity index (χ1) is 11.1. The lowest BCUT2D eigenvalue weighted by molar-refractivity contribution is 0.0993. The summed E-state index contributed by atoms with van der Waals surface area (Å²) in [6.07, 6.45) is 0.449. The molecule has 2 aromatic carbocycles. The molecule has 1 saturated heterocycles. The van der Waals surface area contributed by atoms with Gasteiger partial charge in [0.15, 0.2) is 0 Å². The van der Waals surface area contributed by atoms with E-state index in [1.54, 1.807) is 36.2 Å². The molecule has 5 heteroatoms. The summed E-state index contributed by atoms with van der Waals surface area (Å²) in [4.78, 5) is 16.5. The largest absolute Gasteiger partial charge is 0.399 e. The van der Waals surface area contributed by atoms with Crippen LogP contribution < -0.4 is 15.5 Å². The zero-order valence-electron chi connectivity index (χ0n) is 13.1. The number of hydrogen-bond donors (Lipinski definition) is 2. The first-order valence-corrected chi connectivity index (χ1v) is 7.72. The SMILES string of the molecule is CN(C(=O)c1ccc(N)cc1)c1ccccc1N1CC[C@H](O)C1. The molecule has 23 heavy (non-hydrogen) atoms. The van der Waals surface area contributed by atoms with Crippen LogP contribution in [0.2, 0.25) is 0 Å². The number of aliphatic hydroxyl groups is 1. The number of nitrogens with zero attached hydrogens (tertiary/aromatic N) is 2. The molecule has 1 amide bonds. The minimum Gasteiger partial charge on any atom is -0.399 e. The van der Waals surface area contributed by atoms with Gasteiger partial charge in [-0.1, -0.05) is 12.1 Å². The Morgan fingerprint density at radius 2 is 1.91 bits per heavy atom. The average Bonchev–Trinajstić information content (AvgIpc) is 3.00. The minimum atomic E-state index is -0.304. The fourth-order valence-corrected chi connectivity index (χ4v) is 2.90. The van der Waals surface area contributed by atoms with Gasteiger partial charge in [0.05, 0.1) is 17.5 Å². The molecule has 3 rings (SSSR count).